The van der Waals surface area contributed by atoms with Crippen molar-refractivity contribution in [1.29, 1.82) is 0 Å². The van der Waals surface area contributed by atoms with Crippen molar-refractivity contribution in [3.05, 3.63) is 0 Å². The second-order valence-electron chi connectivity index (χ2n) is 6.01. The van der Waals surface area contributed by atoms with Gasteiger partial charge in [-0.15, -0.1) is 0 Å². The minimum Gasteiger partial charge on any atom is -0.394 e. The van der Waals surface area contributed by atoms with Gasteiger partial charge < -0.3 is 29.9 Å². The molecule has 0 aliphatic carbocycles. The van der Waals surface area contributed by atoms with Crippen molar-refractivity contribution in [2.45, 2.75) is 75.7 Å². The maximum absolute atomic E-state index is 10.9. The minimum absolute atomic E-state index is 0.150. The maximum atomic E-state index is 10.9. The lowest BCUT2D eigenvalue weighted by Gasteiger charge is -2.39. The van der Waals surface area contributed by atoms with Gasteiger partial charge in [0.05, 0.1) is 6.61 Å². The fourth-order valence-corrected chi connectivity index (χ4v) is 2.57. The summed E-state index contributed by atoms with van der Waals surface area (Å²) in [4.78, 5) is 10.9. The number of hydrazine groups is 1. The number of nitrogens with two attached hydrogens (primary N) is 1. The van der Waals surface area contributed by atoms with E-state index in [9.17, 15) is 20.1 Å². The Morgan fingerprint density at radius 1 is 1.00 bits per heavy atom. The van der Waals surface area contributed by atoms with Gasteiger partial charge in [0.25, 0.3) is 0 Å². The zero-order valence-electron chi connectivity index (χ0n) is 13.8. The van der Waals surface area contributed by atoms with Gasteiger partial charge in [0.1, 0.15) is 24.4 Å². The van der Waals surface area contributed by atoms with Crippen molar-refractivity contribution in [2.75, 3.05) is 13.2 Å². The standard InChI is InChI=1S/C15H30N2O7/c16-17-11(19)7-5-3-1-2-4-6-8-23-15-14(22)13(21)12(20)10(9-18)24-15/h10,12-15,18,20-22H,1-9,16H2,(H,17,19)/t10-,12-,13+,14-,15-/m1/s1. The van der Waals surface area contributed by atoms with Crippen LogP contribution in [0.1, 0.15) is 44.9 Å². The van der Waals surface area contributed by atoms with E-state index < -0.39 is 37.3 Å². The topological polar surface area (TPSA) is 154 Å². The van der Waals surface area contributed by atoms with Gasteiger partial charge in [-0.2, -0.15) is 0 Å². The molecule has 0 saturated carbocycles. The molecule has 0 unspecified atom stereocenters. The van der Waals surface area contributed by atoms with Gasteiger partial charge in [0.2, 0.25) is 5.91 Å². The SMILES string of the molecule is NNC(=O)CCCCCCCCO[C@@H]1O[C@H](CO)[C@@H](O)[C@H](O)[C@H]1O. The molecule has 0 radical (unpaired) electrons. The molecule has 9 heteroatoms. The van der Waals surface area contributed by atoms with E-state index in [-0.39, 0.29) is 5.91 Å². The van der Waals surface area contributed by atoms with E-state index in [1.165, 1.54) is 0 Å². The predicted molar refractivity (Wildman–Crippen MR) is 84.4 cm³/mol. The van der Waals surface area contributed by atoms with E-state index in [0.717, 1.165) is 38.5 Å². The van der Waals surface area contributed by atoms with Crippen molar-refractivity contribution < 1.29 is 34.7 Å². The summed E-state index contributed by atoms with van der Waals surface area (Å²) in [6, 6.07) is 0. The Bertz CT molecular complexity index is 357. The van der Waals surface area contributed by atoms with E-state index in [1.807, 2.05) is 0 Å². The Kier molecular flexibility index (Phi) is 10.3. The molecule has 1 amide bonds. The summed E-state index contributed by atoms with van der Waals surface area (Å²) in [6.07, 6.45) is -0.218. The predicted octanol–water partition coefficient (Wildman–Crippen LogP) is -1.48. The highest BCUT2D eigenvalue weighted by Crippen LogP contribution is 2.22. The molecule has 142 valence electrons. The highest BCUT2D eigenvalue weighted by atomic mass is 16.7. The van der Waals surface area contributed by atoms with Crippen LogP contribution in [0.4, 0.5) is 0 Å². The zero-order valence-corrected chi connectivity index (χ0v) is 13.8. The van der Waals surface area contributed by atoms with Crippen LogP contribution >= 0.6 is 0 Å². The lowest BCUT2D eigenvalue weighted by atomic mass is 9.99. The van der Waals surface area contributed by atoms with Gasteiger partial charge in [0.15, 0.2) is 6.29 Å². The Morgan fingerprint density at radius 2 is 1.62 bits per heavy atom. The van der Waals surface area contributed by atoms with E-state index in [0.29, 0.717) is 13.0 Å². The Labute approximate surface area is 141 Å². The van der Waals surface area contributed by atoms with Crippen LogP contribution < -0.4 is 11.3 Å². The summed E-state index contributed by atoms with van der Waals surface area (Å²) in [7, 11) is 0. The van der Waals surface area contributed by atoms with Crippen molar-refractivity contribution in [1.82, 2.24) is 5.43 Å². The van der Waals surface area contributed by atoms with E-state index >= 15 is 0 Å². The van der Waals surface area contributed by atoms with Crippen molar-refractivity contribution in [3.63, 3.8) is 0 Å². The van der Waals surface area contributed by atoms with Crippen LogP contribution in [-0.4, -0.2) is 70.3 Å². The third kappa shape index (κ3) is 6.98. The first-order valence-corrected chi connectivity index (χ1v) is 8.42. The summed E-state index contributed by atoms with van der Waals surface area (Å²) in [5.74, 6) is 4.84. The van der Waals surface area contributed by atoms with Crippen LogP contribution in [0, 0.1) is 0 Å². The zero-order chi connectivity index (χ0) is 17.9. The molecule has 1 rings (SSSR count). The lowest BCUT2D eigenvalue weighted by Crippen LogP contribution is -2.59. The maximum Gasteiger partial charge on any atom is 0.233 e. The number of rotatable bonds is 11. The molecule has 5 atom stereocenters. The normalized spacial score (nSPS) is 30.3. The van der Waals surface area contributed by atoms with Crippen molar-refractivity contribution >= 4 is 5.91 Å². The molecule has 7 N–H and O–H groups in total. The largest absolute Gasteiger partial charge is 0.394 e. The molecule has 0 spiro atoms. The fourth-order valence-electron chi connectivity index (χ4n) is 2.57. The van der Waals surface area contributed by atoms with Crippen LogP contribution in [0.3, 0.4) is 0 Å². The molecular formula is C15H30N2O7. The minimum atomic E-state index is -1.41. The number of unbranched alkanes of at least 4 members (excludes halogenated alkanes) is 5. The smallest absolute Gasteiger partial charge is 0.233 e. The Balaban J connectivity index is 2.07. The molecule has 1 saturated heterocycles. The third-order valence-electron chi connectivity index (χ3n) is 4.09. The average molecular weight is 350 g/mol. The number of ether oxygens (including phenoxy) is 2. The molecule has 24 heavy (non-hydrogen) atoms. The molecule has 1 fully saturated rings. The molecule has 9 nitrogen and oxygen atoms in total. The molecule has 1 heterocycles. The molecule has 0 bridgehead atoms. The first-order chi connectivity index (χ1) is 11.5. The summed E-state index contributed by atoms with van der Waals surface area (Å²) >= 11 is 0. The average Bonchev–Trinajstić information content (AvgIpc) is 2.59. The first kappa shape index (κ1) is 21.2. The Hall–Kier alpha value is -0.810. The number of aliphatic hydroxyl groups is 4. The van der Waals surface area contributed by atoms with E-state index in [1.54, 1.807) is 0 Å². The number of aliphatic hydroxyl groups excluding tert-OH is 4. The van der Waals surface area contributed by atoms with Gasteiger partial charge in [-0.1, -0.05) is 25.7 Å². The molecular weight excluding hydrogens is 320 g/mol. The van der Waals surface area contributed by atoms with Gasteiger partial charge >= 0.3 is 0 Å². The Morgan fingerprint density at radius 3 is 2.25 bits per heavy atom. The number of hydrogen-bond donors (Lipinski definition) is 6. The van der Waals surface area contributed by atoms with Gasteiger partial charge in [0, 0.05) is 13.0 Å². The van der Waals surface area contributed by atoms with Gasteiger partial charge in [-0.25, -0.2) is 5.84 Å². The van der Waals surface area contributed by atoms with Gasteiger partial charge in [-0.3, -0.25) is 10.2 Å². The molecule has 1 aliphatic rings. The van der Waals surface area contributed by atoms with Crippen LogP contribution in [0.25, 0.3) is 0 Å². The van der Waals surface area contributed by atoms with Crippen LogP contribution in [0.5, 0.6) is 0 Å². The highest BCUT2D eigenvalue weighted by Gasteiger charge is 2.43. The highest BCUT2D eigenvalue weighted by molar-refractivity contribution is 5.74. The molecule has 0 aromatic heterocycles. The number of carbonyl (C=O) groups excluding carboxylic acids is 1. The molecule has 0 aromatic carbocycles. The second kappa shape index (κ2) is 11.7. The van der Waals surface area contributed by atoms with E-state index in [2.05, 4.69) is 5.43 Å². The van der Waals surface area contributed by atoms with Crippen LogP contribution in [0.2, 0.25) is 0 Å². The van der Waals surface area contributed by atoms with E-state index in [4.69, 9.17) is 20.4 Å². The fraction of sp³-hybridized carbons (Fsp3) is 0.933. The first-order valence-electron chi connectivity index (χ1n) is 8.42. The van der Waals surface area contributed by atoms with Gasteiger partial charge in [-0.05, 0) is 12.8 Å². The molecule has 1 aliphatic heterocycles. The van der Waals surface area contributed by atoms with Crippen molar-refractivity contribution in [2.24, 2.45) is 5.84 Å². The lowest BCUT2D eigenvalue weighted by molar-refractivity contribution is -0.301. The summed E-state index contributed by atoms with van der Waals surface area (Å²) in [5, 5.41) is 38.2. The monoisotopic (exact) mass is 350 g/mol. The van der Waals surface area contributed by atoms with Crippen LogP contribution in [0.15, 0.2) is 0 Å². The number of nitrogens with one attached hydrogen (secondary N) is 1. The number of hydrogen-bond acceptors (Lipinski definition) is 8. The summed E-state index contributed by atoms with van der Waals surface area (Å²) < 4.78 is 10.6. The number of carbonyl (C=O) groups is 1. The number of amides is 1. The molecule has 0 aromatic rings. The van der Waals surface area contributed by atoms with Crippen molar-refractivity contribution in [3.8, 4) is 0 Å². The summed E-state index contributed by atoms with van der Waals surface area (Å²) in [6.45, 7) is -0.120. The summed E-state index contributed by atoms with van der Waals surface area (Å²) in [5.41, 5.74) is 2.09. The second-order valence-corrected chi connectivity index (χ2v) is 6.01. The third-order valence-corrected chi connectivity index (χ3v) is 4.09. The quantitative estimate of drug-likeness (QED) is 0.114. The van der Waals surface area contributed by atoms with Crippen LogP contribution in [-0.2, 0) is 14.3 Å².